The molecule has 4 aliphatic carbocycles. The average Bonchev–Trinajstić information content (AvgIpc) is 2.69. The van der Waals surface area contributed by atoms with Crippen molar-refractivity contribution >= 4 is 0 Å². The van der Waals surface area contributed by atoms with Gasteiger partial charge in [0.25, 0.3) is 0 Å². The second-order valence-electron chi connectivity index (χ2n) is 8.42. The van der Waals surface area contributed by atoms with Gasteiger partial charge < -0.3 is 5.11 Å². The summed E-state index contributed by atoms with van der Waals surface area (Å²) in [6, 6.07) is 0. The summed E-state index contributed by atoms with van der Waals surface area (Å²) in [5.41, 5.74) is -0.262. The van der Waals surface area contributed by atoms with Crippen LogP contribution in [0.5, 0.6) is 0 Å². The summed E-state index contributed by atoms with van der Waals surface area (Å²) in [5.74, 6) is 0.320. The van der Waals surface area contributed by atoms with E-state index in [9.17, 15) is 9.50 Å². The SMILES string of the molecule is C[C@]12C=CC=CC1CC[C@@H]1[C@H]2CC[C@@]2(C)[C@H]1CCC2(O)F. The van der Waals surface area contributed by atoms with Crippen molar-refractivity contribution in [3.63, 3.8) is 0 Å². The molecule has 0 aromatic carbocycles. The number of halogens is 1. The van der Waals surface area contributed by atoms with Crippen LogP contribution in [-0.4, -0.2) is 11.0 Å². The highest BCUT2D eigenvalue weighted by molar-refractivity contribution is 5.24. The van der Waals surface area contributed by atoms with Crippen molar-refractivity contribution in [2.24, 2.45) is 34.5 Å². The van der Waals surface area contributed by atoms with Crippen LogP contribution in [0, 0.1) is 34.5 Å². The van der Waals surface area contributed by atoms with E-state index in [1.54, 1.807) is 0 Å². The Morgan fingerprint density at radius 2 is 1.76 bits per heavy atom. The molecule has 0 bridgehead atoms. The number of hydrogen-bond acceptors (Lipinski definition) is 1. The number of rotatable bonds is 0. The lowest BCUT2D eigenvalue weighted by molar-refractivity contribution is -0.201. The van der Waals surface area contributed by atoms with Crippen LogP contribution in [0.3, 0.4) is 0 Å². The van der Waals surface area contributed by atoms with Crippen molar-refractivity contribution in [1.82, 2.24) is 0 Å². The average molecular weight is 290 g/mol. The van der Waals surface area contributed by atoms with Crippen molar-refractivity contribution in [1.29, 1.82) is 0 Å². The Bertz CT molecular complexity index is 508. The monoisotopic (exact) mass is 290 g/mol. The lowest BCUT2D eigenvalue weighted by atomic mass is 9.47. The Balaban J connectivity index is 1.69. The van der Waals surface area contributed by atoms with Gasteiger partial charge in [0.2, 0.25) is 5.85 Å². The van der Waals surface area contributed by atoms with Crippen LogP contribution in [0.25, 0.3) is 0 Å². The van der Waals surface area contributed by atoms with Gasteiger partial charge in [0.15, 0.2) is 0 Å². The molecule has 0 aliphatic heterocycles. The topological polar surface area (TPSA) is 20.2 Å². The standard InChI is InChI=1S/C19H27FO/c1-17-10-4-3-5-13(17)6-7-14-15(17)8-11-18(2)16(14)9-12-19(18,20)21/h3-5,10,13-16,21H,6-9,11-12H2,1-2H3/t13?,14-,15-,16+,17+,18+,19?/m1/s1. The number of allylic oxidation sites excluding steroid dienone is 4. The summed E-state index contributed by atoms with van der Waals surface area (Å²) in [5, 5.41) is 10.2. The number of alkyl halides is 1. The van der Waals surface area contributed by atoms with Gasteiger partial charge in [-0.15, -0.1) is 0 Å². The first-order valence-electron chi connectivity index (χ1n) is 8.66. The van der Waals surface area contributed by atoms with Crippen LogP contribution < -0.4 is 0 Å². The maximum atomic E-state index is 14.6. The molecule has 0 heterocycles. The molecule has 7 atom stereocenters. The molecule has 2 unspecified atom stereocenters. The van der Waals surface area contributed by atoms with Gasteiger partial charge >= 0.3 is 0 Å². The summed E-state index contributed by atoms with van der Waals surface area (Å²) in [6.07, 6.45) is 14.7. The molecule has 3 saturated carbocycles. The van der Waals surface area contributed by atoms with Crippen molar-refractivity contribution in [3.05, 3.63) is 24.3 Å². The third-order valence-corrected chi connectivity index (χ3v) is 7.81. The Morgan fingerprint density at radius 3 is 2.57 bits per heavy atom. The van der Waals surface area contributed by atoms with Crippen LogP contribution in [0.1, 0.15) is 52.4 Å². The molecule has 3 fully saturated rings. The Hall–Kier alpha value is -0.630. The molecule has 4 rings (SSSR count). The molecular formula is C19H27FO. The van der Waals surface area contributed by atoms with Crippen molar-refractivity contribution in [3.8, 4) is 0 Å². The summed E-state index contributed by atoms with van der Waals surface area (Å²) in [6.45, 7) is 4.42. The zero-order chi connectivity index (χ0) is 14.9. The quantitative estimate of drug-likeness (QED) is 0.689. The van der Waals surface area contributed by atoms with Gasteiger partial charge in [-0.2, -0.15) is 0 Å². The second kappa shape index (κ2) is 4.22. The van der Waals surface area contributed by atoms with Gasteiger partial charge in [-0.25, -0.2) is 4.39 Å². The third-order valence-electron chi connectivity index (χ3n) is 7.81. The molecule has 4 aliphatic rings. The van der Waals surface area contributed by atoms with Crippen molar-refractivity contribution in [2.45, 2.75) is 58.2 Å². The molecule has 1 nitrogen and oxygen atoms in total. The fraction of sp³-hybridized carbons (Fsp3) is 0.789. The van der Waals surface area contributed by atoms with Gasteiger partial charge in [0, 0.05) is 11.8 Å². The predicted octanol–water partition coefficient (Wildman–Crippen LogP) is 4.63. The van der Waals surface area contributed by atoms with E-state index in [4.69, 9.17) is 0 Å². The van der Waals surface area contributed by atoms with E-state index in [1.807, 2.05) is 6.92 Å². The maximum Gasteiger partial charge on any atom is 0.212 e. The van der Waals surface area contributed by atoms with Crippen LogP contribution >= 0.6 is 0 Å². The first-order valence-corrected chi connectivity index (χ1v) is 8.66. The van der Waals surface area contributed by atoms with E-state index < -0.39 is 11.3 Å². The van der Waals surface area contributed by atoms with Gasteiger partial charge in [0.05, 0.1) is 0 Å². The van der Waals surface area contributed by atoms with Gasteiger partial charge in [-0.05, 0) is 61.2 Å². The summed E-state index contributed by atoms with van der Waals surface area (Å²) < 4.78 is 14.6. The second-order valence-corrected chi connectivity index (χ2v) is 8.42. The van der Waals surface area contributed by atoms with Gasteiger partial charge in [-0.3, -0.25) is 0 Å². The molecule has 0 amide bonds. The van der Waals surface area contributed by atoms with E-state index in [-0.39, 0.29) is 5.41 Å². The molecule has 1 N–H and O–H groups in total. The highest BCUT2D eigenvalue weighted by Gasteiger charge is 2.64. The number of aliphatic hydroxyl groups is 1. The first-order chi connectivity index (χ1) is 9.88. The van der Waals surface area contributed by atoms with E-state index >= 15 is 0 Å². The highest BCUT2D eigenvalue weighted by Crippen LogP contribution is 2.67. The zero-order valence-corrected chi connectivity index (χ0v) is 13.2. The summed E-state index contributed by atoms with van der Waals surface area (Å²) >= 11 is 0. The fourth-order valence-corrected chi connectivity index (χ4v) is 6.39. The molecule has 0 aromatic heterocycles. The van der Waals surface area contributed by atoms with Gasteiger partial charge in [-0.1, -0.05) is 38.2 Å². The molecule has 2 heteroatoms. The van der Waals surface area contributed by atoms with Crippen LogP contribution in [0.2, 0.25) is 0 Å². The molecule has 21 heavy (non-hydrogen) atoms. The number of hydrogen-bond donors (Lipinski definition) is 1. The Labute approximate surface area is 127 Å². The van der Waals surface area contributed by atoms with Gasteiger partial charge in [0.1, 0.15) is 0 Å². The predicted molar refractivity (Wildman–Crippen MR) is 82.2 cm³/mol. The van der Waals surface area contributed by atoms with Crippen LogP contribution in [-0.2, 0) is 0 Å². The zero-order valence-electron chi connectivity index (χ0n) is 13.2. The summed E-state index contributed by atoms with van der Waals surface area (Å²) in [4.78, 5) is 0. The Kier molecular flexibility index (Phi) is 2.81. The van der Waals surface area contributed by atoms with E-state index in [2.05, 4.69) is 31.2 Å². The third kappa shape index (κ3) is 1.66. The lowest BCUT2D eigenvalue weighted by Crippen LogP contribution is -2.54. The minimum absolute atomic E-state index is 0.246. The first kappa shape index (κ1) is 14.0. The minimum atomic E-state index is -1.94. The van der Waals surface area contributed by atoms with E-state index in [0.29, 0.717) is 30.1 Å². The van der Waals surface area contributed by atoms with Crippen LogP contribution in [0.15, 0.2) is 24.3 Å². The molecule has 0 radical (unpaired) electrons. The lowest BCUT2D eigenvalue weighted by Gasteiger charge is -2.58. The minimum Gasteiger partial charge on any atom is -0.361 e. The molecule has 116 valence electrons. The fourth-order valence-electron chi connectivity index (χ4n) is 6.39. The molecule has 0 aromatic rings. The smallest absolute Gasteiger partial charge is 0.212 e. The van der Waals surface area contributed by atoms with E-state index in [0.717, 1.165) is 19.3 Å². The van der Waals surface area contributed by atoms with E-state index in [1.165, 1.54) is 12.8 Å². The molecule has 0 spiro atoms. The molecular weight excluding hydrogens is 263 g/mol. The Morgan fingerprint density at radius 1 is 1.00 bits per heavy atom. The summed E-state index contributed by atoms with van der Waals surface area (Å²) in [7, 11) is 0. The molecule has 0 saturated heterocycles. The van der Waals surface area contributed by atoms with Crippen molar-refractivity contribution < 1.29 is 9.50 Å². The van der Waals surface area contributed by atoms with Crippen molar-refractivity contribution in [2.75, 3.05) is 0 Å². The highest BCUT2D eigenvalue weighted by atomic mass is 19.2. The largest absolute Gasteiger partial charge is 0.361 e. The normalized spacial score (nSPS) is 58.5. The van der Waals surface area contributed by atoms with Crippen LogP contribution in [0.4, 0.5) is 4.39 Å². The maximum absolute atomic E-state index is 14.6. The number of fused-ring (bicyclic) bond motifs is 5.